The summed E-state index contributed by atoms with van der Waals surface area (Å²) in [5.74, 6) is 0.702. The zero-order chi connectivity index (χ0) is 36.0. The minimum atomic E-state index is -3.50. The van der Waals surface area contributed by atoms with Crippen LogP contribution in [0.15, 0.2) is 52.9 Å². The topological polar surface area (TPSA) is 119 Å². The van der Waals surface area contributed by atoms with Crippen LogP contribution in [0.25, 0.3) is 0 Å². The summed E-state index contributed by atoms with van der Waals surface area (Å²) >= 11 is 6.46. The van der Waals surface area contributed by atoms with E-state index >= 15 is 0 Å². The Morgan fingerprint density at radius 3 is 2.73 bits per heavy atom. The number of allylic oxidation sites excluding steroid dienone is 1. The molecule has 0 saturated heterocycles. The summed E-state index contributed by atoms with van der Waals surface area (Å²) in [5, 5.41) is 3.64. The molecule has 6 atom stereocenters. The molecule has 3 amide bonds. The zero-order valence-electron chi connectivity index (χ0n) is 30.1. The molecule has 2 heterocycles. The van der Waals surface area contributed by atoms with Gasteiger partial charge in [0.05, 0.1) is 29.8 Å². The normalized spacial score (nSPS) is 35.4. The number of carbonyl (C=O) groups excluding carboxylic acids is 2. The van der Waals surface area contributed by atoms with Crippen molar-refractivity contribution in [3.05, 3.63) is 70.3 Å². The van der Waals surface area contributed by atoms with E-state index in [9.17, 15) is 13.8 Å². The molecule has 0 unspecified atom stereocenters. The van der Waals surface area contributed by atoms with Gasteiger partial charge in [-0.15, -0.1) is 4.36 Å². The molecule has 2 N–H and O–H groups in total. The molecule has 0 aromatic heterocycles. The van der Waals surface area contributed by atoms with Gasteiger partial charge in [0.25, 0.3) is 5.91 Å². The fourth-order valence-corrected chi connectivity index (χ4v) is 11.0. The summed E-state index contributed by atoms with van der Waals surface area (Å²) in [6.07, 6.45) is 11.2. The number of amides is 3. The van der Waals surface area contributed by atoms with Crippen LogP contribution in [0.5, 0.6) is 5.75 Å². The predicted octanol–water partition coefficient (Wildman–Crippen LogP) is 6.84. The molecule has 2 aliphatic heterocycles. The number of nitrogens with zero attached hydrogens (tertiary/aromatic N) is 2. The lowest BCUT2D eigenvalue weighted by molar-refractivity contribution is -0.0719. The summed E-state index contributed by atoms with van der Waals surface area (Å²) in [6.45, 7) is 5.97. The van der Waals surface area contributed by atoms with E-state index in [4.69, 9.17) is 25.8 Å². The zero-order valence-corrected chi connectivity index (χ0v) is 31.7. The monoisotopic (exact) mass is 738 g/mol. The molecule has 7 rings (SSSR count). The van der Waals surface area contributed by atoms with Crippen LogP contribution in [0.2, 0.25) is 5.02 Å². The van der Waals surface area contributed by atoms with Gasteiger partial charge >= 0.3 is 6.03 Å². The van der Waals surface area contributed by atoms with Crippen molar-refractivity contribution in [1.82, 2.24) is 10.0 Å². The number of fused-ring (bicyclic) bond motifs is 4. The molecule has 2 saturated carbocycles. The summed E-state index contributed by atoms with van der Waals surface area (Å²) in [6, 6.07) is 10.9. The molecule has 2 bridgehead atoms. The number of ether oxygens (including phenoxy) is 3. The Hall–Kier alpha value is -3.12. The van der Waals surface area contributed by atoms with E-state index in [-0.39, 0.29) is 34.8 Å². The molecule has 3 aliphatic carbocycles. The number of aryl methyl sites for hydroxylation is 1. The SMILES string of the molecule is CO[C@H]1/C=C/C[C@H](C)C[S@@](=O)(NC(=O)N[C@H]2C[C@](C)(OC)C2)=NC(=O)c2ccc3c(c2)N(C[C@@H]2CC[C@H]21)C[C@@]1(CCCc2cc(Cl)ccc21)CO3. The maximum atomic E-state index is 14.5. The van der Waals surface area contributed by atoms with Gasteiger partial charge in [0.1, 0.15) is 15.7 Å². The number of benzene rings is 2. The number of carbonyl (C=O) groups is 2. The van der Waals surface area contributed by atoms with Crippen molar-refractivity contribution in [3.63, 3.8) is 0 Å². The highest BCUT2D eigenvalue weighted by molar-refractivity contribution is 7.92. The van der Waals surface area contributed by atoms with E-state index in [2.05, 4.69) is 43.6 Å². The smallest absolute Gasteiger partial charge is 0.327 e. The van der Waals surface area contributed by atoms with Gasteiger partial charge in [-0.2, -0.15) is 0 Å². The van der Waals surface area contributed by atoms with Crippen molar-refractivity contribution in [1.29, 1.82) is 0 Å². The van der Waals surface area contributed by atoms with E-state index in [1.54, 1.807) is 20.3 Å². The Morgan fingerprint density at radius 2 is 1.98 bits per heavy atom. The molecular formula is C39H51ClN4O6S. The van der Waals surface area contributed by atoms with Gasteiger partial charge in [0.2, 0.25) is 0 Å². The molecule has 5 aliphatic rings. The molecule has 0 radical (unpaired) electrons. The molecular weight excluding hydrogens is 688 g/mol. The molecule has 1 spiro atoms. The van der Waals surface area contributed by atoms with Gasteiger partial charge in [0.15, 0.2) is 0 Å². The lowest BCUT2D eigenvalue weighted by atomic mass is 9.68. The third-order valence-electron chi connectivity index (χ3n) is 12.0. The van der Waals surface area contributed by atoms with Gasteiger partial charge in [0, 0.05) is 49.4 Å². The van der Waals surface area contributed by atoms with E-state index in [0.717, 1.165) is 55.9 Å². The molecule has 10 nitrogen and oxygen atoms in total. The second kappa shape index (κ2) is 14.4. The van der Waals surface area contributed by atoms with Crippen molar-refractivity contribution in [2.75, 3.05) is 44.6 Å². The lowest BCUT2D eigenvalue weighted by Crippen LogP contribution is -2.57. The van der Waals surface area contributed by atoms with Crippen molar-refractivity contribution >= 4 is 39.1 Å². The molecule has 2 aromatic rings. The van der Waals surface area contributed by atoms with Crippen LogP contribution in [0.1, 0.15) is 80.3 Å². The van der Waals surface area contributed by atoms with Crippen LogP contribution in [-0.4, -0.2) is 73.6 Å². The third kappa shape index (κ3) is 7.54. The van der Waals surface area contributed by atoms with E-state index in [0.29, 0.717) is 49.0 Å². The second-order valence-corrected chi connectivity index (χ2v) is 18.2. The quantitative estimate of drug-likeness (QED) is 0.330. The third-order valence-corrected chi connectivity index (χ3v) is 14.2. The Labute approximate surface area is 307 Å². The Morgan fingerprint density at radius 1 is 1.16 bits per heavy atom. The first-order valence-electron chi connectivity index (χ1n) is 18.3. The standard InChI is InChI=1S/C39H51ClN4O6S/c1-25-7-5-9-34(48-3)31-13-10-28(31)21-44-23-39(16-6-8-26-17-29(40)12-14-32(26)39)24-50-35-15-11-27(18-33(35)44)36(45)42-51(47,22-25)43-37(46)41-30-19-38(2,20-30)49-4/h5,9,11-12,14-15,17-18,25,28,30-31,34H,6-8,10,13,16,19-24H2,1-4H3,(H2,41,42,43,45,46,47)/b9-5+/t25-,28-,30-,31+,34-,38-,39-,51-/m0/s1. The number of hydrogen-bond donors (Lipinski definition) is 2. The number of nitrogens with one attached hydrogen (secondary N) is 2. The number of hydrogen-bond acceptors (Lipinski definition) is 7. The van der Waals surface area contributed by atoms with Crippen molar-refractivity contribution in [2.24, 2.45) is 22.1 Å². The lowest BCUT2D eigenvalue weighted by Gasteiger charge is -2.46. The van der Waals surface area contributed by atoms with Gasteiger partial charge < -0.3 is 24.4 Å². The molecule has 51 heavy (non-hydrogen) atoms. The first-order chi connectivity index (χ1) is 24.4. The molecule has 276 valence electrons. The Balaban J connectivity index is 1.25. The van der Waals surface area contributed by atoms with Gasteiger partial charge in [-0.1, -0.05) is 36.7 Å². The Bertz CT molecular complexity index is 1820. The average Bonchev–Trinajstić information content (AvgIpc) is 3.21. The molecule has 12 heteroatoms. The summed E-state index contributed by atoms with van der Waals surface area (Å²) in [5.41, 5.74) is 3.13. The van der Waals surface area contributed by atoms with Gasteiger partial charge in [-0.05, 0) is 118 Å². The molecule has 2 aromatic carbocycles. The summed E-state index contributed by atoms with van der Waals surface area (Å²) in [7, 11) is -0.0719. The van der Waals surface area contributed by atoms with E-state index < -0.39 is 21.9 Å². The number of halogens is 1. The number of rotatable bonds is 4. The number of anilines is 1. The van der Waals surface area contributed by atoms with Crippen molar-refractivity contribution < 1.29 is 28.0 Å². The van der Waals surface area contributed by atoms with Gasteiger partial charge in [-0.25, -0.2) is 9.00 Å². The second-order valence-electron chi connectivity index (χ2n) is 15.8. The van der Waals surface area contributed by atoms with Crippen molar-refractivity contribution in [3.8, 4) is 5.75 Å². The van der Waals surface area contributed by atoms with Crippen LogP contribution < -0.4 is 19.7 Å². The maximum absolute atomic E-state index is 14.5. The highest BCUT2D eigenvalue weighted by atomic mass is 35.5. The minimum Gasteiger partial charge on any atom is -0.490 e. The van der Waals surface area contributed by atoms with Crippen LogP contribution >= 0.6 is 11.6 Å². The molecule has 2 fully saturated rings. The van der Waals surface area contributed by atoms with Crippen molar-refractivity contribution in [2.45, 2.75) is 88.4 Å². The largest absolute Gasteiger partial charge is 0.490 e. The minimum absolute atomic E-state index is 0.0206. The first kappa shape index (κ1) is 36.2. The summed E-state index contributed by atoms with van der Waals surface area (Å²) in [4.78, 5) is 29.5. The number of urea groups is 1. The van der Waals surface area contributed by atoms with E-state index in [1.165, 1.54) is 11.1 Å². The average molecular weight is 739 g/mol. The fourth-order valence-electron chi connectivity index (χ4n) is 8.98. The van der Waals surface area contributed by atoms with Gasteiger partial charge in [-0.3, -0.25) is 9.52 Å². The van der Waals surface area contributed by atoms with E-state index in [1.807, 2.05) is 32.0 Å². The highest BCUT2D eigenvalue weighted by Gasteiger charge is 2.45. The summed E-state index contributed by atoms with van der Waals surface area (Å²) < 4.78 is 39.6. The Kier molecular flexibility index (Phi) is 10.2. The fraction of sp³-hybridized carbons (Fsp3) is 0.590. The maximum Gasteiger partial charge on any atom is 0.327 e. The van der Waals surface area contributed by atoms with Crippen LogP contribution in [0, 0.1) is 17.8 Å². The van der Waals surface area contributed by atoms with Crippen LogP contribution in [0.3, 0.4) is 0 Å². The van der Waals surface area contributed by atoms with Crippen LogP contribution in [-0.2, 0) is 31.2 Å². The highest BCUT2D eigenvalue weighted by Crippen LogP contribution is 2.47. The van der Waals surface area contributed by atoms with Crippen LogP contribution in [0.4, 0.5) is 10.5 Å². The number of methoxy groups -OCH3 is 2. The predicted molar refractivity (Wildman–Crippen MR) is 200 cm³/mol. The first-order valence-corrected chi connectivity index (χ1v) is 20.4.